The second kappa shape index (κ2) is 9.66. The molecule has 0 amide bonds. The number of aromatic nitrogens is 1. The van der Waals surface area contributed by atoms with Crippen molar-refractivity contribution in [2.75, 3.05) is 7.11 Å². The van der Waals surface area contributed by atoms with E-state index in [-0.39, 0.29) is 5.82 Å². The van der Waals surface area contributed by atoms with Gasteiger partial charge in [0.15, 0.2) is 5.11 Å². The number of benzene rings is 2. The Balaban J connectivity index is 1.54. The predicted molar refractivity (Wildman–Crippen MR) is 110 cm³/mol. The molecule has 0 atom stereocenters. The number of thiocarbonyl (C=S) groups is 1. The third-order valence-corrected chi connectivity index (χ3v) is 4.20. The van der Waals surface area contributed by atoms with Gasteiger partial charge in [0.25, 0.3) is 0 Å². The standard InChI is InChI=1S/C21H20FN3O2S/c1-26-18-9-7-15(8-10-18)13-24-21(28)25-14-16-4-3-11-23-20(16)27-19-6-2-5-17(22)12-19/h2-12H,13-14H2,1H3,(H2,24,25,28). The molecule has 144 valence electrons. The van der Waals surface area contributed by atoms with Crippen molar-refractivity contribution in [2.24, 2.45) is 0 Å². The first-order valence-electron chi connectivity index (χ1n) is 8.66. The van der Waals surface area contributed by atoms with Crippen LogP contribution in [0.1, 0.15) is 11.1 Å². The van der Waals surface area contributed by atoms with Crippen molar-refractivity contribution in [3.63, 3.8) is 0 Å². The highest BCUT2D eigenvalue weighted by atomic mass is 32.1. The molecular weight excluding hydrogens is 377 g/mol. The maximum atomic E-state index is 13.3. The fourth-order valence-electron chi connectivity index (χ4n) is 2.46. The fraction of sp³-hybridized carbons (Fsp3) is 0.143. The number of rotatable bonds is 7. The van der Waals surface area contributed by atoms with Crippen molar-refractivity contribution < 1.29 is 13.9 Å². The molecule has 1 heterocycles. The van der Waals surface area contributed by atoms with Crippen LogP contribution in [-0.2, 0) is 13.1 Å². The summed E-state index contributed by atoms with van der Waals surface area (Å²) < 4.78 is 24.2. The van der Waals surface area contributed by atoms with Crippen LogP contribution < -0.4 is 20.1 Å². The van der Waals surface area contributed by atoms with Gasteiger partial charge in [0.05, 0.1) is 7.11 Å². The molecule has 0 fully saturated rings. The number of hydrogen-bond donors (Lipinski definition) is 2. The van der Waals surface area contributed by atoms with E-state index in [0.717, 1.165) is 16.9 Å². The van der Waals surface area contributed by atoms with E-state index in [2.05, 4.69) is 15.6 Å². The number of ether oxygens (including phenoxy) is 2. The lowest BCUT2D eigenvalue weighted by molar-refractivity contribution is 0.414. The van der Waals surface area contributed by atoms with Gasteiger partial charge < -0.3 is 20.1 Å². The lowest BCUT2D eigenvalue weighted by atomic mass is 10.2. The normalized spacial score (nSPS) is 10.2. The van der Waals surface area contributed by atoms with Gasteiger partial charge in [0.2, 0.25) is 5.88 Å². The zero-order chi connectivity index (χ0) is 19.8. The minimum absolute atomic E-state index is 0.364. The molecule has 0 spiro atoms. The Morgan fingerprint density at radius 3 is 2.54 bits per heavy atom. The van der Waals surface area contributed by atoms with Gasteiger partial charge in [-0.15, -0.1) is 0 Å². The number of hydrogen-bond acceptors (Lipinski definition) is 4. The lowest BCUT2D eigenvalue weighted by Crippen LogP contribution is -2.34. The van der Waals surface area contributed by atoms with E-state index >= 15 is 0 Å². The van der Waals surface area contributed by atoms with Crippen molar-refractivity contribution in [2.45, 2.75) is 13.1 Å². The van der Waals surface area contributed by atoms with Crippen molar-refractivity contribution >= 4 is 17.3 Å². The molecule has 3 aromatic rings. The highest BCUT2D eigenvalue weighted by molar-refractivity contribution is 7.80. The summed E-state index contributed by atoms with van der Waals surface area (Å²) in [6.07, 6.45) is 1.62. The maximum absolute atomic E-state index is 13.3. The van der Waals surface area contributed by atoms with Crippen LogP contribution in [0.4, 0.5) is 4.39 Å². The highest BCUT2D eigenvalue weighted by Crippen LogP contribution is 2.23. The van der Waals surface area contributed by atoms with Crippen molar-refractivity contribution in [1.82, 2.24) is 15.6 Å². The number of methoxy groups -OCH3 is 1. The second-order valence-corrected chi connectivity index (χ2v) is 6.32. The van der Waals surface area contributed by atoms with Crippen molar-refractivity contribution in [3.05, 3.63) is 83.8 Å². The third-order valence-electron chi connectivity index (χ3n) is 3.91. The first-order valence-corrected chi connectivity index (χ1v) is 9.07. The predicted octanol–water partition coefficient (Wildman–Crippen LogP) is 4.19. The van der Waals surface area contributed by atoms with Crippen LogP contribution in [0.2, 0.25) is 0 Å². The summed E-state index contributed by atoms with van der Waals surface area (Å²) >= 11 is 5.33. The molecule has 3 rings (SSSR count). The third kappa shape index (κ3) is 5.65. The van der Waals surface area contributed by atoms with Gasteiger partial charge in [0, 0.05) is 30.9 Å². The molecule has 0 bridgehead atoms. The molecule has 0 unspecified atom stereocenters. The molecule has 0 saturated heterocycles. The first kappa shape index (κ1) is 19.6. The average Bonchev–Trinajstić information content (AvgIpc) is 2.72. The lowest BCUT2D eigenvalue weighted by Gasteiger charge is -2.13. The molecule has 0 saturated carbocycles. The maximum Gasteiger partial charge on any atom is 0.224 e. The Hall–Kier alpha value is -3.19. The van der Waals surface area contributed by atoms with E-state index in [1.165, 1.54) is 12.1 Å². The van der Waals surface area contributed by atoms with E-state index < -0.39 is 0 Å². The van der Waals surface area contributed by atoms with E-state index in [1.54, 1.807) is 25.4 Å². The zero-order valence-electron chi connectivity index (χ0n) is 15.3. The van der Waals surface area contributed by atoms with Crippen LogP contribution in [0, 0.1) is 5.82 Å². The molecule has 7 heteroatoms. The van der Waals surface area contributed by atoms with Gasteiger partial charge in [-0.3, -0.25) is 0 Å². The molecular formula is C21H20FN3O2S. The Morgan fingerprint density at radius 1 is 1.00 bits per heavy atom. The number of halogens is 1. The molecule has 2 N–H and O–H groups in total. The van der Waals surface area contributed by atoms with Crippen LogP contribution in [0.5, 0.6) is 17.4 Å². The quantitative estimate of drug-likeness (QED) is 0.583. The second-order valence-electron chi connectivity index (χ2n) is 5.91. The Kier molecular flexibility index (Phi) is 6.75. The summed E-state index contributed by atoms with van der Waals surface area (Å²) in [6.45, 7) is 1.02. The van der Waals surface area contributed by atoms with Crippen LogP contribution in [-0.4, -0.2) is 17.2 Å². The zero-order valence-corrected chi connectivity index (χ0v) is 16.1. The van der Waals surface area contributed by atoms with E-state index in [4.69, 9.17) is 21.7 Å². The van der Waals surface area contributed by atoms with E-state index in [0.29, 0.717) is 29.8 Å². The molecule has 1 aromatic heterocycles. The number of nitrogens with one attached hydrogen (secondary N) is 2. The van der Waals surface area contributed by atoms with Gasteiger partial charge in [-0.2, -0.15) is 0 Å². The van der Waals surface area contributed by atoms with Gasteiger partial charge >= 0.3 is 0 Å². The molecule has 0 aliphatic carbocycles. The number of nitrogens with zero attached hydrogens (tertiary/aromatic N) is 1. The molecule has 28 heavy (non-hydrogen) atoms. The Bertz CT molecular complexity index is 935. The van der Waals surface area contributed by atoms with Crippen molar-refractivity contribution in [3.8, 4) is 17.4 Å². The van der Waals surface area contributed by atoms with E-state index in [1.807, 2.05) is 36.4 Å². The summed E-state index contributed by atoms with van der Waals surface area (Å²) in [5, 5.41) is 6.79. The molecule has 2 aromatic carbocycles. The molecule has 5 nitrogen and oxygen atoms in total. The van der Waals surface area contributed by atoms with Gasteiger partial charge in [-0.05, 0) is 48.1 Å². The molecule has 0 aliphatic heterocycles. The Labute approximate surface area is 168 Å². The van der Waals surface area contributed by atoms with Crippen LogP contribution in [0.3, 0.4) is 0 Å². The van der Waals surface area contributed by atoms with Gasteiger partial charge in [0.1, 0.15) is 17.3 Å². The largest absolute Gasteiger partial charge is 0.497 e. The smallest absolute Gasteiger partial charge is 0.224 e. The summed E-state index contributed by atoms with van der Waals surface area (Å²) in [6, 6.07) is 17.4. The van der Waals surface area contributed by atoms with E-state index in [9.17, 15) is 4.39 Å². The van der Waals surface area contributed by atoms with Crippen molar-refractivity contribution in [1.29, 1.82) is 0 Å². The summed E-state index contributed by atoms with van der Waals surface area (Å²) in [5.41, 5.74) is 1.89. The topological polar surface area (TPSA) is 55.4 Å². The first-order chi connectivity index (χ1) is 13.6. The summed E-state index contributed by atoms with van der Waals surface area (Å²) in [5.74, 6) is 1.24. The average molecular weight is 397 g/mol. The van der Waals surface area contributed by atoms with Gasteiger partial charge in [-0.1, -0.05) is 24.3 Å². The SMILES string of the molecule is COc1ccc(CNC(=S)NCc2cccnc2Oc2cccc(F)c2)cc1. The monoisotopic (exact) mass is 397 g/mol. The van der Waals surface area contributed by atoms with Crippen LogP contribution in [0.15, 0.2) is 66.9 Å². The summed E-state index contributed by atoms with van der Waals surface area (Å²) in [4.78, 5) is 4.23. The summed E-state index contributed by atoms with van der Waals surface area (Å²) in [7, 11) is 1.64. The Morgan fingerprint density at radius 2 is 1.79 bits per heavy atom. The molecule has 0 aliphatic rings. The number of pyridine rings is 1. The highest BCUT2D eigenvalue weighted by Gasteiger charge is 2.07. The van der Waals surface area contributed by atoms with Crippen LogP contribution in [0.25, 0.3) is 0 Å². The molecule has 0 radical (unpaired) electrons. The minimum Gasteiger partial charge on any atom is -0.497 e. The van der Waals surface area contributed by atoms with Crippen LogP contribution >= 0.6 is 12.2 Å². The van der Waals surface area contributed by atoms with Gasteiger partial charge in [-0.25, -0.2) is 9.37 Å². The fourth-order valence-corrected chi connectivity index (χ4v) is 2.60. The minimum atomic E-state index is -0.364.